The molecule has 2 atom stereocenters. The minimum atomic E-state index is -0.764. The Balaban J connectivity index is 2.21. The molecule has 1 aromatic rings. The van der Waals surface area contributed by atoms with Crippen LogP contribution in [0.5, 0.6) is 0 Å². The number of ether oxygens (including phenoxy) is 1. The van der Waals surface area contributed by atoms with Crippen LogP contribution in [0.3, 0.4) is 0 Å². The molecule has 1 fully saturated rings. The summed E-state index contributed by atoms with van der Waals surface area (Å²) in [5.41, 5.74) is 8.18. The number of rotatable bonds is 5. The first kappa shape index (κ1) is 17.6. The van der Waals surface area contributed by atoms with Crippen molar-refractivity contribution in [3.05, 3.63) is 23.8 Å². The van der Waals surface area contributed by atoms with Gasteiger partial charge in [-0.3, -0.25) is 4.79 Å². The molecule has 0 aromatic heterocycles. The summed E-state index contributed by atoms with van der Waals surface area (Å²) in [4.78, 5) is 13.6. The number of carbonyl (C=O) groups is 1. The van der Waals surface area contributed by atoms with E-state index in [9.17, 15) is 9.90 Å². The fraction of sp³-hybridized carbons (Fsp3) is 0.611. The fourth-order valence-electron chi connectivity index (χ4n) is 3.38. The molecule has 5 heteroatoms. The molecule has 0 amide bonds. The predicted octanol–water partition coefficient (Wildman–Crippen LogP) is 2.68. The number of nitrogen functional groups attached to an aromatic ring is 1. The lowest BCUT2D eigenvalue weighted by atomic mass is 9.94. The normalized spacial score (nSPS) is 19.7. The molecule has 1 unspecified atom stereocenters. The first-order chi connectivity index (χ1) is 10.7. The van der Waals surface area contributed by atoms with Gasteiger partial charge >= 0.3 is 5.97 Å². The van der Waals surface area contributed by atoms with Crippen LogP contribution in [0.2, 0.25) is 0 Å². The number of esters is 1. The summed E-state index contributed by atoms with van der Waals surface area (Å²) < 4.78 is 4.72. The van der Waals surface area contributed by atoms with Crippen LogP contribution < -0.4 is 10.6 Å². The highest BCUT2D eigenvalue weighted by atomic mass is 16.5. The zero-order chi connectivity index (χ0) is 17.2. The standard InChI is InChI=1S/C18H28N2O3/c1-12(10-17(21)23-4)13-7-8-15(14(19)11-13)20-9-5-6-16(20)18(2,3)22/h7-8,11-12,16,22H,5-6,9-10,19H2,1-4H3/t12?,16-/m0/s1. The van der Waals surface area contributed by atoms with Crippen molar-refractivity contribution in [3.8, 4) is 0 Å². The van der Waals surface area contributed by atoms with Crippen molar-refractivity contribution in [1.82, 2.24) is 0 Å². The molecule has 1 heterocycles. The second kappa shape index (κ2) is 6.79. The third-order valence-corrected chi connectivity index (χ3v) is 4.70. The van der Waals surface area contributed by atoms with E-state index in [1.54, 1.807) is 0 Å². The Morgan fingerprint density at radius 2 is 2.22 bits per heavy atom. The lowest BCUT2D eigenvalue weighted by Crippen LogP contribution is -2.46. The van der Waals surface area contributed by atoms with Crippen molar-refractivity contribution in [1.29, 1.82) is 0 Å². The smallest absolute Gasteiger partial charge is 0.306 e. The van der Waals surface area contributed by atoms with Gasteiger partial charge in [0.25, 0.3) is 0 Å². The van der Waals surface area contributed by atoms with E-state index in [1.807, 2.05) is 39.0 Å². The average molecular weight is 320 g/mol. The summed E-state index contributed by atoms with van der Waals surface area (Å²) in [5.74, 6) is -0.163. The van der Waals surface area contributed by atoms with E-state index < -0.39 is 5.60 Å². The van der Waals surface area contributed by atoms with Gasteiger partial charge in [0, 0.05) is 6.54 Å². The van der Waals surface area contributed by atoms with Gasteiger partial charge in [-0.1, -0.05) is 13.0 Å². The topological polar surface area (TPSA) is 75.8 Å². The summed E-state index contributed by atoms with van der Waals surface area (Å²) in [6.45, 7) is 6.58. The van der Waals surface area contributed by atoms with Gasteiger partial charge in [-0.25, -0.2) is 0 Å². The Hall–Kier alpha value is -1.75. The molecule has 0 aliphatic carbocycles. The zero-order valence-electron chi connectivity index (χ0n) is 14.5. The number of aliphatic hydroxyl groups is 1. The van der Waals surface area contributed by atoms with Crippen molar-refractivity contribution >= 4 is 17.3 Å². The van der Waals surface area contributed by atoms with Gasteiger partial charge in [-0.2, -0.15) is 0 Å². The molecule has 0 spiro atoms. The van der Waals surface area contributed by atoms with E-state index in [0.717, 1.165) is 30.6 Å². The third-order valence-electron chi connectivity index (χ3n) is 4.70. The number of benzene rings is 1. The van der Waals surface area contributed by atoms with Crippen LogP contribution in [-0.4, -0.2) is 36.4 Å². The van der Waals surface area contributed by atoms with Crippen LogP contribution in [0.25, 0.3) is 0 Å². The van der Waals surface area contributed by atoms with Crippen molar-refractivity contribution in [2.24, 2.45) is 0 Å². The monoisotopic (exact) mass is 320 g/mol. The van der Waals surface area contributed by atoms with E-state index in [4.69, 9.17) is 10.5 Å². The molecule has 1 aliphatic heterocycles. The summed E-state index contributed by atoms with van der Waals surface area (Å²) >= 11 is 0. The molecule has 1 saturated heterocycles. The molecule has 0 saturated carbocycles. The number of anilines is 2. The number of hydrogen-bond donors (Lipinski definition) is 2. The van der Waals surface area contributed by atoms with E-state index in [1.165, 1.54) is 7.11 Å². The van der Waals surface area contributed by atoms with Gasteiger partial charge in [0.15, 0.2) is 0 Å². The molecule has 1 aromatic carbocycles. The number of carbonyl (C=O) groups excluding carboxylic acids is 1. The Bertz CT molecular complexity index is 566. The molecule has 1 aliphatic rings. The van der Waals surface area contributed by atoms with Gasteiger partial charge in [0.1, 0.15) is 0 Å². The predicted molar refractivity (Wildman–Crippen MR) is 92.6 cm³/mol. The SMILES string of the molecule is COC(=O)CC(C)c1ccc(N2CCC[C@H]2C(C)(C)O)c(N)c1. The van der Waals surface area contributed by atoms with E-state index in [2.05, 4.69) is 4.90 Å². The Kier molecular flexibility index (Phi) is 5.19. The van der Waals surface area contributed by atoms with Crippen molar-refractivity contribution < 1.29 is 14.6 Å². The highest BCUT2D eigenvalue weighted by molar-refractivity contribution is 5.72. The molecule has 128 valence electrons. The number of nitrogens with two attached hydrogens (primary N) is 1. The van der Waals surface area contributed by atoms with Gasteiger partial charge in [-0.05, 0) is 50.3 Å². The molecule has 0 bridgehead atoms. The van der Waals surface area contributed by atoms with Gasteiger partial charge in [0.2, 0.25) is 0 Å². The Morgan fingerprint density at radius 1 is 1.52 bits per heavy atom. The van der Waals surface area contributed by atoms with Crippen LogP contribution in [0.1, 0.15) is 51.5 Å². The van der Waals surface area contributed by atoms with Crippen molar-refractivity contribution in [3.63, 3.8) is 0 Å². The van der Waals surface area contributed by atoms with Crippen molar-refractivity contribution in [2.75, 3.05) is 24.3 Å². The maximum Gasteiger partial charge on any atom is 0.306 e. The minimum Gasteiger partial charge on any atom is -0.469 e. The van der Waals surface area contributed by atoms with Crippen LogP contribution in [0, 0.1) is 0 Å². The quantitative estimate of drug-likeness (QED) is 0.644. The van der Waals surface area contributed by atoms with Gasteiger partial charge in [0.05, 0.1) is 36.5 Å². The first-order valence-electron chi connectivity index (χ1n) is 8.19. The van der Waals surface area contributed by atoms with Crippen LogP contribution in [0.15, 0.2) is 18.2 Å². The fourth-order valence-corrected chi connectivity index (χ4v) is 3.38. The van der Waals surface area contributed by atoms with Gasteiger partial charge < -0.3 is 20.5 Å². The van der Waals surface area contributed by atoms with E-state index in [0.29, 0.717) is 12.1 Å². The minimum absolute atomic E-state index is 0.0578. The highest BCUT2D eigenvalue weighted by Crippen LogP contribution is 2.36. The summed E-state index contributed by atoms with van der Waals surface area (Å²) in [7, 11) is 1.40. The molecule has 23 heavy (non-hydrogen) atoms. The largest absolute Gasteiger partial charge is 0.469 e. The second-order valence-electron chi connectivity index (χ2n) is 7.00. The molecule has 3 N–H and O–H groups in total. The van der Waals surface area contributed by atoms with E-state index >= 15 is 0 Å². The number of methoxy groups -OCH3 is 1. The number of hydrogen-bond acceptors (Lipinski definition) is 5. The van der Waals surface area contributed by atoms with E-state index in [-0.39, 0.29) is 17.9 Å². The molecule has 2 rings (SSSR count). The first-order valence-corrected chi connectivity index (χ1v) is 8.19. The Morgan fingerprint density at radius 3 is 2.78 bits per heavy atom. The lowest BCUT2D eigenvalue weighted by Gasteiger charge is -2.36. The number of nitrogens with zero attached hydrogens (tertiary/aromatic N) is 1. The van der Waals surface area contributed by atoms with Crippen LogP contribution in [0.4, 0.5) is 11.4 Å². The Labute approximate surface area is 138 Å². The van der Waals surface area contributed by atoms with Crippen molar-refractivity contribution in [2.45, 2.75) is 57.6 Å². The maximum absolute atomic E-state index is 11.4. The second-order valence-corrected chi connectivity index (χ2v) is 7.00. The highest BCUT2D eigenvalue weighted by Gasteiger charge is 2.36. The average Bonchev–Trinajstić information content (AvgIpc) is 2.96. The molecule has 0 radical (unpaired) electrons. The maximum atomic E-state index is 11.4. The lowest BCUT2D eigenvalue weighted by molar-refractivity contribution is -0.140. The van der Waals surface area contributed by atoms with Crippen LogP contribution in [-0.2, 0) is 9.53 Å². The molecular weight excluding hydrogens is 292 g/mol. The summed E-state index contributed by atoms with van der Waals surface area (Å²) in [5, 5.41) is 10.4. The summed E-state index contributed by atoms with van der Waals surface area (Å²) in [6, 6.07) is 6.02. The third kappa shape index (κ3) is 3.96. The summed E-state index contributed by atoms with van der Waals surface area (Å²) in [6.07, 6.45) is 2.35. The molecular formula is C18H28N2O3. The molecule has 5 nitrogen and oxygen atoms in total. The van der Waals surface area contributed by atoms with Gasteiger partial charge in [-0.15, -0.1) is 0 Å². The zero-order valence-corrected chi connectivity index (χ0v) is 14.5. The van der Waals surface area contributed by atoms with Crippen LogP contribution >= 0.6 is 0 Å².